The molecule has 0 saturated carbocycles. The molecule has 0 aliphatic carbocycles. The van der Waals surface area contributed by atoms with Gasteiger partial charge in [0.1, 0.15) is 5.82 Å². The molecule has 0 spiro atoms. The van der Waals surface area contributed by atoms with E-state index in [9.17, 15) is 4.39 Å². The molecular weight excluding hydrogens is 355 g/mol. The molecule has 2 rings (SSSR count). The SMILES string of the molecule is CC(C)(C)c1nnsc1C(Cc1ccc(F)c(Br)c1)NN. The number of hydrogen-bond acceptors (Lipinski definition) is 5. The molecule has 1 aromatic carbocycles. The van der Waals surface area contributed by atoms with Crippen molar-refractivity contribution in [2.45, 2.75) is 38.6 Å². The van der Waals surface area contributed by atoms with Crippen LogP contribution in [0.2, 0.25) is 0 Å². The lowest BCUT2D eigenvalue weighted by Crippen LogP contribution is -2.31. The van der Waals surface area contributed by atoms with Gasteiger partial charge in [-0.05, 0) is 51.6 Å². The van der Waals surface area contributed by atoms with Crippen molar-refractivity contribution in [2.24, 2.45) is 5.84 Å². The van der Waals surface area contributed by atoms with E-state index in [4.69, 9.17) is 5.84 Å². The Morgan fingerprint density at radius 3 is 2.71 bits per heavy atom. The van der Waals surface area contributed by atoms with Crippen LogP contribution in [-0.2, 0) is 11.8 Å². The minimum absolute atomic E-state index is 0.0964. The summed E-state index contributed by atoms with van der Waals surface area (Å²) in [6, 6.07) is 4.87. The van der Waals surface area contributed by atoms with Crippen LogP contribution in [0, 0.1) is 5.82 Å². The maximum atomic E-state index is 13.3. The summed E-state index contributed by atoms with van der Waals surface area (Å²) in [5.41, 5.74) is 4.65. The lowest BCUT2D eigenvalue weighted by molar-refractivity contribution is 0.515. The second-order valence-electron chi connectivity index (χ2n) is 5.91. The van der Waals surface area contributed by atoms with Crippen molar-refractivity contribution in [1.29, 1.82) is 0 Å². The normalized spacial score (nSPS) is 13.4. The predicted octanol–water partition coefficient (Wildman–Crippen LogP) is 3.48. The number of rotatable bonds is 4. The molecule has 0 amide bonds. The highest BCUT2D eigenvalue weighted by atomic mass is 79.9. The monoisotopic (exact) mass is 372 g/mol. The number of nitrogens with zero attached hydrogens (tertiary/aromatic N) is 2. The minimum Gasteiger partial charge on any atom is -0.271 e. The van der Waals surface area contributed by atoms with E-state index in [0.29, 0.717) is 10.9 Å². The Hall–Kier alpha value is -0.890. The summed E-state index contributed by atoms with van der Waals surface area (Å²) in [6.45, 7) is 6.28. The van der Waals surface area contributed by atoms with Gasteiger partial charge in [-0.2, -0.15) is 0 Å². The van der Waals surface area contributed by atoms with E-state index in [-0.39, 0.29) is 17.3 Å². The molecule has 0 saturated heterocycles. The van der Waals surface area contributed by atoms with Gasteiger partial charge in [0.2, 0.25) is 0 Å². The van der Waals surface area contributed by atoms with Crippen LogP contribution in [0.4, 0.5) is 4.39 Å². The van der Waals surface area contributed by atoms with E-state index < -0.39 is 0 Å². The van der Waals surface area contributed by atoms with Gasteiger partial charge in [-0.25, -0.2) is 4.39 Å². The van der Waals surface area contributed by atoms with Crippen molar-refractivity contribution < 1.29 is 4.39 Å². The molecular formula is C14H18BrFN4S. The predicted molar refractivity (Wildman–Crippen MR) is 86.5 cm³/mol. The Labute approximate surface area is 136 Å². The summed E-state index contributed by atoms with van der Waals surface area (Å²) < 4.78 is 17.8. The van der Waals surface area contributed by atoms with Gasteiger partial charge in [0.25, 0.3) is 0 Å². The van der Waals surface area contributed by atoms with Crippen LogP contribution in [-0.4, -0.2) is 9.59 Å². The molecule has 0 aliphatic heterocycles. The van der Waals surface area contributed by atoms with E-state index in [1.807, 2.05) is 0 Å². The standard InChI is InChI=1S/C14H18BrFN4S/c1-14(2,3)13-12(21-20-19-13)11(18-17)7-8-4-5-10(16)9(15)6-8/h4-6,11,18H,7,17H2,1-3H3. The number of halogens is 2. The Morgan fingerprint density at radius 2 is 2.14 bits per heavy atom. The first-order valence-corrected chi connectivity index (χ1v) is 8.12. The lowest BCUT2D eigenvalue weighted by Gasteiger charge is -2.21. The number of nitrogens with two attached hydrogens (primary N) is 1. The number of hydrazine groups is 1. The second kappa shape index (κ2) is 6.48. The molecule has 114 valence electrons. The fourth-order valence-corrected chi connectivity index (χ4v) is 3.42. The highest BCUT2D eigenvalue weighted by Gasteiger charge is 2.27. The molecule has 7 heteroatoms. The van der Waals surface area contributed by atoms with E-state index in [1.54, 1.807) is 12.1 Å². The van der Waals surface area contributed by atoms with Gasteiger partial charge in [-0.15, -0.1) is 5.10 Å². The van der Waals surface area contributed by atoms with Crippen molar-refractivity contribution in [3.05, 3.63) is 44.6 Å². The Kier molecular flexibility index (Phi) is 5.08. The third-order valence-corrected chi connectivity index (χ3v) is 4.61. The molecule has 0 aliphatic rings. The summed E-state index contributed by atoms with van der Waals surface area (Å²) in [5, 5.41) is 4.23. The zero-order chi connectivity index (χ0) is 15.6. The summed E-state index contributed by atoms with van der Waals surface area (Å²) in [7, 11) is 0. The third kappa shape index (κ3) is 3.85. The molecule has 21 heavy (non-hydrogen) atoms. The first-order valence-electron chi connectivity index (χ1n) is 6.55. The van der Waals surface area contributed by atoms with Gasteiger partial charge in [-0.3, -0.25) is 11.3 Å². The van der Waals surface area contributed by atoms with E-state index in [2.05, 4.69) is 51.7 Å². The van der Waals surface area contributed by atoms with Gasteiger partial charge in [0.05, 0.1) is 21.1 Å². The number of nitrogens with one attached hydrogen (secondary N) is 1. The van der Waals surface area contributed by atoms with E-state index >= 15 is 0 Å². The van der Waals surface area contributed by atoms with Gasteiger partial charge in [0.15, 0.2) is 0 Å². The second-order valence-corrected chi connectivity index (χ2v) is 7.55. The van der Waals surface area contributed by atoms with Crippen molar-refractivity contribution in [3.8, 4) is 0 Å². The van der Waals surface area contributed by atoms with Crippen LogP contribution in [0.1, 0.15) is 42.9 Å². The third-order valence-electron chi connectivity index (χ3n) is 3.17. The summed E-state index contributed by atoms with van der Waals surface area (Å²) >= 11 is 4.55. The Balaban J connectivity index is 2.28. The van der Waals surface area contributed by atoms with Crippen LogP contribution in [0.5, 0.6) is 0 Å². The molecule has 1 heterocycles. The molecule has 0 fully saturated rings. The molecule has 4 nitrogen and oxygen atoms in total. The minimum atomic E-state index is -0.272. The average Bonchev–Trinajstić information content (AvgIpc) is 2.89. The van der Waals surface area contributed by atoms with Crippen molar-refractivity contribution >= 4 is 27.5 Å². The first-order chi connectivity index (χ1) is 9.82. The largest absolute Gasteiger partial charge is 0.271 e. The fourth-order valence-electron chi connectivity index (χ4n) is 2.08. The van der Waals surface area contributed by atoms with Crippen molar-refractivity contribution in [1.82, 2.24) is 15.0 Å². The zero-order valence-electron chi connectivity index (χ0n) is 12.2. The molecule has 1 aromatic heterocycles. The number of benzene rings is 1. The average molecular weight is 373 g/mol. The Bertz CT molecular complexity index is 624. The smallest absolute Gasteiger partial charge is 0.137 e. The molecule has 0 radical (unpaired) electrons. The quantitative estimate of drug-likeness (QED) is 0.636. The van der Waals surface area contributed by atoms with Crippen LogP contribution >= 0.6 is 27.5 Å². The first kappa shape index (κ1) is 16.5. The number of aromatic nitrogens is 2. The molecule has 3 N–H and O–H groups in total. The van der Waals surface area contributed by atoms with E-state index in [0.717, 1.165) is 16.1 Å². The van der Waals surface area contributed by atoms with Gasteiger partial charge in [0, 0.05) is 5.41 Å². The summed E-state index contributed by atoms with van der Waals surface area (Å²) in [6.07, 6.45) is 0.641. The highest BCUT2D eigenvalue weighted by Crippen LogP contribution is 2.32. The van der Waals surface area contributed by atoms with Crippen molar-refractivity contribution in [2.75, 3.05) is 0 Å². The maximum absolute atomic E-state index is 13.3. The maximum Gasteiger partial charge on any atom is 0.137 e. The van der Waals surface area contributed by atoms with Gasteiger partial charge >= 0.3 is 0 Å². The van der Waals surface area contributed by atoms with Crippen LogP contribution in [0.3, 0.4) is 0 Å². The fraction of sp³-hybridized carbons (Fsp3) is 0.429. The Morgan fingerprint density at radius 1 is 1.43 bits per heavy atom. The highest BCUT2D eigenvalue weighted by molar-refractivity contribution is 9.10. The van der Waals surface area contributed by atoms with Crippen molar-refractivity contribution in [3.63, 3.8) is 0 Å². The van der Waals surface area contributed by atoms with Gasteiger partial charge < -0.3 is 0 Å². The molecule has 1 atom stereocenters. The number of hydrogen-bond donors (Lipinski definition) is 2. The topological polar surface area (TPSA) is 63.8 Å². The lowest BCUT2D eigenvalue weighted by atomic mass is 9.89. The van der Waals surface area contributed by atoms with Crippen LogP contribution < -0.4 is 11.3 Å². The van der Waals surface area contributed by atoms with Crippen LogP contribution in [0.25, 0.3) is 0 Å². The summed E-state index contributed by atoms with van der Waals surface area (Å²) in [5.74, 6) is 5.43. The summed E-state index contributed by atoms with van der Waals surface area (Å²) in [4.78, 5) is 1.02. The zero-order valence-corrected chi connectivity index (χ0v) is 14.6. The van der Waals surface area contributed by atoms with E-state index in [1.165, 1.54) is 17.6 Å². The molecule has 0 bridgehead atoms. The molecule has 1 unspecified atom stereocenters. The van der Waals surface area contributed by atoms with Gasteiger partial charge in [-0.1, -0.05) is 31.3 Å². The van der Waals surface area contributed by atoms with Crippen LogP contribution in [0.15, 0.2) is 22.7 Å². The molecule has 2 aromatic rings.